The quantitative estimate of drug-likeness (QED) is 0.686. The van der Waals surface area contributed by atoms with E-state index in [0.29, 0.717) is 12.3 Å². The lowest BCUT2D eigenvalue weighted by molar-refractivity contribution is -0.127. The predicted molar refractivity (Wildman–Crippen MR) is 116 cm³/mol. The van der Waals surface area contributed by atoms with E-state index in [4.69, 9.17) is 16.3 Å². The van der Waals surface area contributed by atoms with Crippen molar-refractivity contribution >= 4 is 23.2 Å². The van der Waals surface area contributed by atoms with Gasteiger partial charge >= 0.3 is 0 Å². The van der Waals surface area contributed by atoms with Gasteiger partial charge in [-0.2, -0.15) is 0 Å². The minimum atomic E-state index is -0.546. The molecule has 28 heavy (non-hydrogen) atoms. The van der Waals surface area contributed by atoms with E-state index in [-0.39, 0.29) is 5.91 Å². The molecule has 0 unspecified atom stereocenters. The molecule has 4 nitrogen and oxygen atoms in total. The van der Waals surface area contributed by atoms with Crippen molar-refractivity contribution in [3.05, 3.63) is 58.1 Å². The van der Waals surface area contributed by atoms with Crippen LogP contribution in [-0.4, -0.2) is 31.6 Å². The minimum Gasteiger partial charge on any atom is -0.481 e. The highest BCUT2D eigenvalue weighted by Gasteiger charge is 2.17. The number of fused-ring (bicyclic) bond motifs is 1. The first-order valence-electron chi connectivity index (χ1n) is 9.99. The van der Waals surface area contributed by atoms with Crippen LogP contribution >= 0.6 is 11.6 Å². The Morgan fingerprint density at radius 1 is 1.25 bits per heavy atom. The first-order valence-corrected chi connectivity index (χ1v) is 10.4. The summed E-state index contributed by atoms with van der Waals surface area (Å²) >= 11 is 6.19. The van der Waals surface area contributed by atoms with Crippen LogP contribution < -0.4 is 15.0 Å². The van der Waals surface area contributed by atoms with Crippen molar-refractivity contribution in [3.63, 3.8) is 0 Å². The second kappa shape index (κ2) is 9.33. The number of amides is 1. The standard InChI is InChI=1S/C23H29ClN2O2/c1-16-14-20(15-17(2)22(16)24)28-18(3)23(27)25-11-7-13-26-12-6-9-19-8-4-5-10-21(19)26/h4-5,8,10,14-15,18H,6-7,9,11-13H2,1-3H3,(H,25,27)/t18-/m1/s1. The smallest absolute Gasteiger partial charge is 0.260 e. The fourth-order valence-electron chi connectivity index (χ4n) is 3.70. The summed E-state index contributed by atoms with van der Waals surface area (Å²) in [4.78, 5) is 14.8. The molecule has 1 aliphatic rings. The SMILES string of the molecule is Cc1cc(O[C@H](C)C(=O)NCCCN2CCCc3ccccc32)cc(C)c1Cl. The second-order valence-corrected chi connectivity index (χ2v) is 7.87. The van der Waals surface area contributed by atoms with Crippen molar-refractivity contribution in [2.75, 3.05) is 24.5 Å². The number of halogens is 1. The van der Waals surface area contributed by atoms with Gasteiger partial charge in [-0.3, -0.25) is 4.79 Å². The maximum atomic E-state index is 12.4. The average Bonchev–Trinajstić information content (AvgIpc) is 2.69. The van der Waals surface area contributed by atoms with Gasteiger partial charge in [0.1, 0.15) is 5.75 Å². The van der Waals surface area contributed by atoms with E-state index < -0.39 is 6.10 Å². The molecule has 2 aromatic carbocycles. The molecule has 0 bridgehead atoms. The summed E-state index contributed by atoms with van der Waals surface area (Å²) in [6, 6.07) is 12.3. The molecule has 5 heteroatoms. The summed E-state index contributed by atoms with van der Waals surface area (Å²) in [5, 5.41) is 3.73. The van der Waals surface area contributed by atoms with Gasteiger partial charge in [-0.05, 0) is 74.9 Å². The van der Waals surface area contributed by atoms with E-state index in [1.807, 2.05) is 26.0 Å². The molecule has 2 aromatic rings. The minimum absolute atomic E-state index is 0.0932. The van der Waals surface area contributed by atoms with Crippen LogP contribution in [0.15, 0.2) is 36.4 Å². The molecular weight excluding hydrogens is 372 g/mol. The predicted octanol–water partition coefficient (Wildman–Crippen LogP) is 4.68. The van der Waals surface area contributed by atoms with Crippen molar-refractivity contribution in [1.29, 1.82) is 0 Å². The molecule has 0 spiro atoms. The van der Waals surface area contributed by atoms with Gasteiger partial charge in [-0.1, -0.05) is 29.8 Å². The average molecular weight is 401 g/mol. The molecule has 150 valence electrons. The van der Waals surface area contributed by atoms with Crippen LogP contribution in [0.4, 0.5) is 5.69 Å². The molecule has 0 fully saturated rings. The first-order chi connectivity index (χ1) is 13.5. The lowest BCUT2D eigenvalue weighted by Gasteiger charge is -2.31. The number of carbonyl (C=O) groups is 1. The molecule has 1 N–H and O–H groups in total. The molecule has 1 heterocycles. The molecule has 3 rings (SSSR count). The summed E-state index contributed by atoms with van der Waals surface area (Å²) < 4.78 is 5.81. The number of hydrogen-bond acceptors (Lipinski definition) is 3. The Labute approximate surface area is 172 Å². The molecular formula is C23H29ClN2O2. The van der Waals surface area contributed by atoms with Crippen molar-refractivity contribution < 1.29 is 9.53 Å². The highest BCUT2D eigenvalue weighted by Crippen LogP contribution is 2.27. The third-order valence-corrected chi connectivity index (χ3v) is 5.80. The van der Waals surface area contributed by atoms with Crippen molar-refractivity contribution in [2.45, 2.75) is 46.1 Å². The van der Waals surface area contributed by atoms with E-state index in [9.17, 15) is 4.79 Å². The molecule has 0 saturated carbocycles. The molecule has 0 aliphatic carbocycles. The molecule has 0 saturated heterocycles. The van der Waals surface area contributed by atoms with Gasteiger partial charge in [0.25, 0.3) is 5.91 Å². The normalized spacial score (nSPS) is 14.4. The van der Waals surface area contributed by atoms with Crippen molar-refractivity contribution in [2.24, 2.45) is 0 Å². The maximum Gasteiger partial charge on any atom is 0.260 e. The van der Waals surface area contributed by atoms with Crippen LogP contribution in [-0.2, 0) is 11.2 Å². The lowest BCUT2D eigenvalue weighted by atomic mass is 10.0. The van der Waals surface area contributed by atoms with E-state index >= 15 is 0 Å². The number of nitrogens with one attached hydrogen (secondary N) is 1. The largest absolute Gasteiger partial charge is 0.481 e. The van der Waals surface area contributed by atoms with Crippen LogP contribution in [0.2, 0.25) is 5.02 Å². The van der Waals surface area contributed by atoms with E-state index in [1.165, 1.54) is 17.7 Å². The number of ether oxygens (including phenoxy) is 1. The third-order valence-electron chi connectivity index (χ3n) is 5.20. The fourth-order valence-corrected chi connectivity index (χ4v) is 3.81. The van der Waals surface area contributed by atoms with Gasteiger partial charge in [0, 0.05) is 30.3 Å². The van der Waals surface area contributed by atoms with Crippen molar-refractivity contribution in [3.8, 4) is 5.75 Å². The summed E-state index contributed by atoms with van der Waals surface area (Å²) in [7, 11) is 0. The van der Waals surface area contributed by atoms with Gasteiger partial charge in [-0.15, -0.1) is 0 Å². The Morgan fingerprint density at radius 2 is 1.96 bits per heavy atom. The first kappa shape index (κ1) is 20.5. The summed E-state index contributed by atoms with van der Waals surface area (Å²) in [6.45, 7) is 8.32. The number of carbonyl (C=O) groups excluding carboxylic acids is 1. The number of para-hydroxylation sites is 1. The van der Waals surface area contributed by atoms with E-state index in [0.717, 1.165) is 42.1 Å². The lowest BCUT2D eigenvalue weighted by Crippen LogP contribution is -2.38. The Bertz CT molecular complexity index is 814. The number of hydrogen-bond donors (Lipinski definition) is 1. The Balaban J connectivity index is 1.45. The van der Waals surface area contributed by atoms with Gasteiger partial charge in [0.2, 0.25) is 0 Å². The fraction of sp³-hybridized carbons (Fsp3) is 0.435. The number of anilines is 1. The molecule has 1 atom stereocenters. The zero-order valence-electron chi connectivity index (χ0n) is 16.9. The van der Waals surface area contributed by atoms with Gasteiger partial charge in [-0.25, -0.2) is 0 Å². The Kier molecular flexibility index (Phi) is 6.84. The van der Waals surface area contributed by atoms with Crippen LogP contribution in [0.25, 0.3) is 0 Å². The number of aryl methyl sites for hydroxylation is 3. The van der Waals surface area contributed by atoms with Crippen LogP contribution in [0.5, 0.6) is 5.75 Å². The van der Waals surface area contributed by atoms with Gasteiger partial charge < -0.3 is 15.0 Å². The number of rotatable bonds is 7. The molecule has 1 amide bonds. The summed E-state index contributed by atoms with van der Waals surface area (Å²) in [5.74, 6) is 0.580. The zero-order valence-corrected chi connectivity index (χ0v) is 17.7. The second-order valence-electron chi connectivity index (χ2n) is 7.50. The highest BCUT2D eigenvalue weighted by atomic mass is 35.5. The number of benzene rings is 2. The summed E-state index contributed by atoms with van der Waals surface area (Å²) in [5.41, 5.74) is 4.66. The van der Waals surface area contributed by atoms with Crippen LogP contribution in [0.3, 0.4) is 0 Å². The third kappa shape index (κ3) is 4.99. The Morgan fingerprint density at radius 3 is 2.71 bits per heavy atom. The van der Waals surface area contributed by atoms with E-state index in [2.05, 4.69) is 34.5 Å². The maximum absolute atomic E-state index is 12.4. The van der Waals surface area contributed by atoms with Crippen molar-refractivity contribution in [1.82, 2.24) is 5.32 Å². The van der Waals surface area contributed by atoms with Gasteiger partial charge in [0.15, 0.2) is 6.10 Å². The van der Waals surface area contributed by atoms with Crippen LogP contribution in [0, 0.1) is 13.8 Å². The molecule has 1 aliphatic heterocycles. The summed E-state index contributed by atoms with van der Waals surface area (Å²) in [6.07, 6.45) is 2.71. The Hall–Kier alpha value is -2.20. The topological polar surface area (TPSA) is 41.6 Å². The van der Waals surface area contributed by atoms with E-state index in [1.54, 1.807) is 6.92 Å². The monoisotopic (exact) mass is 400 g/mol. The number of nitrogens with zero attached hydrogens (tertiary/aromatic N) is 1. The molecule has 0 aromatic heterocycles. The van der Waals surface area contributed by atoms with Gasteiger partial charge in [0.05, 0.1) is 0 Å². The highest BCUT2D eigenvalue weighted by molar-refractivity contribution is 6.32. The zero-order chi connectivity index (χ0) is 20.1. The molecule has 0 radical (unpaired) electrons. The van der Waals surface area contributed by atoms with Crippen LogP contribution in [0.1, 0.15) is 36.5 Å².